The van der Waals surface area contributed by atoms with Gasteiger partial charge in [-0.1, -0.05) is 63.6 Å². The van der Waals surface area contributed by atoms with E-state index in [2.05, 4.69) is 5.32 Å². The summed E-state index contributed by atoms with van der Waals surface area (Å²) in [5, 5.41) is 6.56. The molecule has 2 aliphatic rings. The van der Waals surface area contributed by atoms with E-state index >= 15 is 0 Å². The van der Waals surface area contributed by atoms with Gasteiger partial charge in [-0.3, -0.25) is 9.59 Å². The summed E-state index contributed by atoms with van der Waals surface area (Å²) >= 11 is 0. The van der Waals surface area contributed by atoms with E-state index in [1.807, 2.05) is 79.2 Å². The molecule has 3 atom stereocenters. The Bertz CT molecular complexity index is 1210. The first-order valence-electron chi connectivity index (χ1n) is 14.5. The van der Waals surface area contributed by atoms with Crippen LogP contribution in [-0.2, 0) is 22.6 Å². The summed E-state index contributed by atoms with van der Waals surface area (Å²) < 4.78 is 10.8. The Morgan fingerprint density at radius 2 is 1.73 bits per heavy atom. The number of rotatable bonds is 11. The summed E-state index contributed by atoms with van der Waals surface area (Å²) in [4.78, 5) is 44.8. The van der Waals surface area contributed by atoms with Gasteiger partial charge < -0.3 is 24.6 Å². The van der Waals surface area contributed by atoms with Gasteiger partial charge in [0.15, 0.2) is 11.5 Å². The van der Waals surface area contributed by atoms with Gasteiger partial charge in [0, 0.05) is 19.6 Å². The minimum Gasteiger partial charge on any atom is -0.493 e. The number of nitrogens with one attached hydrogen (secondary N) is 1. The first-order chi connectivity index (χ1) is 19.8. The fraction of sp³-hybridized carbons (Fsp3) is 0.516. The van der Waals surface area contributed by atoms with Gasteiger partial charge >= 0.3 is 6.03 Å². The van der Waals surface area contributed by atoms with Crippen LogP contribution in [0, 0.1) is 5.92 Å². The number of carbonyl (C=O) groups is 3. The lowest BCUT2D eigenvalue weighted by Gasteiger charge is -2.56. The number of carbonyl (C=O) groups excluding carboxylic acids is 3. The van der Waals surface area contributed by atoms with E-state index in [0.717, 1.165) is 24.0 Å². The molecule has 0 bridgehead atoms. The van der Waals surface area contributed by atoms with Gasteiger partial charge in [-0.15, -0.1) is 0 Å². The predicted octanol–water partition coefficient (Wildman–Crippen LogP) is 3.51. The number of hydrogen-bond donors (Lipinski definition) is 1. The molecule has 2 heterocycles. The van der Waals surface area contributed by atoms with Crippen LogP contribution in [0.4, 0.5) is 4.79 Å². The maximum atomic E-state index is 13.9. The van der Waals surface area contributed by atoms with Crippen molar-refractivity contribution in [3.05, 3.63) is 59.7 Å². The maximum Gasteiger partial charge on any atom is 0.334 e. The van der Waals surface area contributed by atoms with E-state index in [9.17, 15) is 14.4 Å². The smallest absolute Gasteiger partial charge is 0.334 e. The number of urea groups is 1. The Kier molecular flexibility index (Phi) is 10.1. The minimum atomic E-state index is -0.634. The SMILES string of the molecule is CCCN1CC(=O)N2[C@@H](C(C)CC)C(=O)N(CCc3ccc(OC)c(OC)c3)C[C@@H]2N1C(=O)NCc1ccccc1. The molecule has 41 heavy (non-hydrogen) atoms. The highest BCUT2D eigenvalue weighted by atomic mass is 16.5. The molecule has 2 aliphatic heterocycles. The topological polar surface area (TPSA) is 94.7 Å². The predicted molar refractivity (Wildman–Crippen MR) is 156 cm³/mol. The second-order valence-electron chi connectivity index (χ2n) is 10.7. The second-order valence-corrected chi connectivity index (χ2v) is 10.7. The van der Waals surface area contributed by atoms with E-state index < -0.39 is 12.2 Å². The van der Waals surface area contributed by atoms with Crippen molar-refractivity contribution in [3.8, 4) is 11.5 Å². The molecule has 2 fully saturated rings. The van der Waals surface area contributed by atoms with Crippen molar-refractivity contribution in [2.45, 2.75) is 58.8 Å². The van der Waals surface area contributed by atoms with Crippen LogP contribution in [0.25, 0.3) is 0 Å². The van der Waals surface area contributed by atoms with Gasteiger partial charge in [-0.25, -0.2) is 14.8 Å². The molecule has 2 aromatic rings. The molecule has 0 radical (unpaired) electrons. The second kappa shape index (κ2) is 13.7. The Hall–Kier alpha value is -3.79. The third-order valence-electron chi connectivity index (χ3n) is 8.04. The van der Waals surface area contributed by atoms with E-state index in [0.29, 0.717) is 37.6 Å². The normalized spacial score (nSPS) is 20.1. The number of amides is 4. The van der Waals surface area contributed by atoms with Gasteiger partial charge in [0.25, 0.3) is 0 Å². The highest BCUT2D eigenvalue weighted by Gasteiger charge is 2.52. The van der Waals surface area contributed by atoms with Crippen LogP contribution >= 0.6 is 0 Å². The minimum absolute atomic E-state index is 0.0644. The van der Waals surface area contributed by atoms with Crippen LogP contribution in [-0.4, -0.2) is 90.3 Å². The molecule has 10 nitrogen and oxygen atoms in total. The zero-order chi connectivity index (χ0) is 29.5. The van der Waals surface area contributed by atoms with Crippen molar-refractivity contribution in [2.24, 2.45) is 5.92 Å². The average molecular weight is 566 g/mol. The first-order valence-corrected chi connectivity index (χ1v) is 14.5. The molecule has 4 amide bonds. The van der Waals surface area contributed by atoms with E-state index in [-0.39, 0.29) is 36.9 Å². The van der Waals surface area contributed by atoms with Gasteiger partial charge in [0.2, 0.25) is 11.8 Å². The third-order valence-corrected chi connectivity index (χ3v) is 8.04. The van der Waals surface area contributed by atoms with Crippen LogP contribution in [0.15, 0.2) is 48.5 Å². The lowest BCUT2D eigenvalue weighted by molar-refractivity contribution is -0.193. The largest absolute Gasteiger partial charge is 0.493 e. The van der Waals surface area contributed by atoms with Gasteiger partial charge in [-0.05, 0) is 42.0 Å². The lowest BCUT2D eigenvalue weighted by Crippen LogP contribution is -2.77. The number of hydrogen-bond acceptors (Lipinski definition) is 6. The average Bonchev–Trinajstić information content (AvgIpc) is 2.99. The van der Waals surface area contributed by atoms with Crippen molar-refractivity contribution in [1.29, 1.82) is 0 Å². The van der Waals surface area contributed by atoms with Crippen molar-refractivity contribution in [2.75, 3.05) is 40.4 Å². The molecule has 1 unspecified atom stereocenters. The number of methoxy groups -OCH3 is 2. The number of nitrogens with zero attached hydrogens (tertiary/aromatic N) is 4. The van der Waals surface area contributed by atoms with E-state index in [1.54, 1.807) is 24.1 Å². The number of piperazine rings is 1. The van der Waals surface area contributed by atoms with E-state index in [1.165, 1.54) is 0 Å². The molecule has 4 rings (SSSR count). The van der Waals surface area contributed by atoms with E-state index in [4.69, 9.17) is 9.47 Å². The quantitative estimate of drug-likeness (QED) is 0.448. The van der Waals surface area contributed by atoms with Gasteiger partial charge in [-0.2, -0.15) is 0 Å². The van der Waals surface area contributed by atoms with Gasteiger partial charge in [0.05, 0.1) is 27.3 Å². The number of fused-ring (bicyclic) bond motifs is 1. The Balaban J connectivity index is 1.62. The fourth-order valence-corrected chi connectivity index (χ4v) is 5.69. The number of hydrazine groups is 1. The van der Waals surface area contributed by atoms with Crippen LogP contribution in [0.5, 0.6) is 11.5 Å². The molecule has 2 saturated heterocycles. The number of benzene rings is 2. The molecule has 0 aliphatic carbocycles. The summed E-state index contributed by atoms with van der Waals surface area (Å²) in [6.07, 6.45) is 1.51. The molecular weight excluding hydrogens is 522 g/mol. The van der Waals surface area contributed by atoms with Gasteiger partial charge in [0.1, 0.15) is 12.2 Å². The summed E-state index contributed by atoms with van der Waals surface area (Å²) in [5.41, 5.74) is 1.99. The Labute approximate surface area is 243 Å². The molecule has 0 spiro atoms. The Morgan fingerprint density at radius 3 is 2.39 bits per heavy atom. The van der Waals surface area contributed by atoms with Crippen molar-refractivity contribution < 1.29 is 23.9 Å². The summed E-state index contributed by atoms with van der Waals surface area (Å²) in [6, 6.07) is 14.6. The summed E-state index contributed by atoms with van der Waals surface area (Å²) in [6.45, 7) is 7.74. The summed E-state index contributed by atoms with van der Waals surface area (Å²) in [5.74, 6) is 1.02. The molecule has 0 saturated carbocycles. The first kappa shape index (κ1) is 30.2. The number of ether oxygens (including phenoxy) is 2. The molecule has 0 aromatic heterocycles. The molecule has 2 aromatic carbocycles. The fourth-order valence-electron chi connectivity index (χ4n) is 5.69. The Morgan fingerprint density at radius 1 is 1.00 bits per heavy atom. The highest BCUT2D eigenvalue weighted by Crippen LogP contribution is 2.32. The molecule has 222 valence electrons. The van der Waals surface area contributed by atoms with Crippen LogP contribution in [0.3, 0.4) is 0 Å². The zero-order valence-corrected chi connectivity index (χ0v) is 24.8. The highest BCUT2D eigenvalue weighted by molar-refractivity contribution is 5.91. The van der Waals surface area contributed by atoms with Crippen LogP contribution in [0.1, 0.15) is 44.7 Å². The zero-order valence-electron chi connectivity index (χ0n) is 24.8. The monoisotopic (exact) mass is 565 g/mol. The molecule has 1 N–H and O–H groups in total. The maximum absolute atomic E-state index is 13.9. The van der Waals surface area contributed by atoms with Crippen molar-refractivity contribution in [1.82, 2.24) is 25.1 Å². The lowest BCUT2D eigenvalue weighted by atomic mass is 9.92. The standard InChI is InChI=1S/C31H43N5O5/c1-6-16-34-21-28(37)35-27(36(34)31(39)32-19-24-11-9-8-10-12-24)20-33(30(38)29(35)22(3)7-2)17-15-23-13-14-25(40-4)26(18-23)41-5/h8-14,18,22,27,29H,6-7,15-17,19-21H2,1-5H3,(H,32,39)/t22?,27-,29-/m0/s1. The van der Waals surface area contributed by atoms with Crippen LogP contribution < -0.4 is 14.8 Å². The van der Waals surface area contributed by atoms with Crippen molar-refractivity contribution in [3.63, 3.8) is 0 Å². The molecular formula is C31H43N5O5. The van der Waals surface area contributed by atoms with Crippen LogP contribution in [0.2, 0.25) is 0 Å². The van der Waals surface area contributed by atoms with Crippen molar-refractivity contribution >= 4 is 17.8 Å². The molecule has 10 heteroatoms. The third kappa shape index (κ3) is 6.59. The summed E-state index contributed by atoms with van der Waals surface area (Å²) in [7, 11) is 3.19.